The number of thiophene rings is 1. The molecule has 0 unspecified atom stereocenters. The van der Waals surface area contributed by atoms with Crippen LogP contribution in [-0.2, 0) is 9.84 Å². The summed E-state index contributed by atoms with van der Waals surface area (Å²) in [7, 11) is -2.15. The van der Waals surface area contributed by atoms with E-state index in [2.05, 4.69) is 5.32 Å². The van der Waals surface area contributed by atoms with Crippen molar-refractivity contribution < 1.29 is 17.9 Å². The Labute approximate surface area is 162 Å². The third kappa shape index (κ3) is 4.20. The summed E-state index contributed by atoms with van der Waals surface area (Å²) in [4.78, 5) is 12.6. The van der Waals surface area contributed by atoms with Gasteiger partial charge in [-0.05, 0) is 29.1 Å². The van der Waals surface area contributed by atoms with Crippen LogP contribution in [0.3, 0.4) is 0 Å². The summed E-state index contributed by atoms with van der Waals surface area (Å²) in [6, 6.07) is 19.0. The van der Waals surface area contributed by atoms with Gasteiger partial charge in [0.15, 0.2) is 9.84 Å². The summed E-state index contributed by atoms with van der Waals surface area (Å²) in [5.74, 6) is 0.0575. The highest BCUT2D eigenvalue weighted by molar-refractivity contribution is 7.93. The van der Waals surface area contributed by atoms with E-state index in [-0.39, 0.29) is 16.7 Å². The zero-order valence-electron chi connectivity index (χ0n) is 14.7. The van der Waals surface area contributed by atoms with Gasteiger partial charge in [0.05, 0.1) is 12.7 Å². The average molecular weight is 402 g/mol. The van der Waals surface area contributed by atoms with Crippen LogP contribution in [0.1, 0.15) is 21.2 Å². The smallest absolute Gasteiger partial charge is 0.255 e. The van der Waals surface area contributed by atoms with Crippen LogP contribution in [-0.4, -0.2) is 28.0 Å². The van der Waals surface area contributed by atoms with Crippen molar-refractivity contribution in [3.8, 4) is 5.75 Å². The number of rotatable bonds is 7. The van der Waals surface area contributed by atoms with Gasteiger partial charge in [-0.1, -0.05) is 48.5 Å². The van der Waals surface area contributed by atoms with Gasteiger partial charge in [0, 0.05) is 6.54 Å². The van der Waals surface area contributed by atoms with E-state index in [1.54, 1.807) is 66.0 Å². The quantitative estimate of drug-likeness (QED) is 0.655. The molecule has 2 aromatic carbocycles. The summed E-state index contributed by atoms with van der Waals surface area (Å²) in [6.45, 7) is -0.0405. The van der Waals surface area contributed by atoms with Crippen LogP contribution >= 0.6 is 11.3 Å². The van der Waals surface area contributed by atoms with Gasteiger partial charge in [0.25, 0.3) is 5.91 Å². The Kier molecular flexibility index (Phi) is 5.93. The summed E-state index contributed by atoms with van der Waals surface area (Å²) in [6.07, 6.45) is 0. The molecule has 0 aliphatic rings. The number of carbonyl (C=O) groups excluding carboxylic acids is 1. The van der Waals surface area contributed by atoms with Crippen molar-refractivity contribution in [2.45, 2.75) is 9.46 Å². The molecule has 0 aliphatic carbocycles. The molecule has 1 atom stereocenters. The predicted octanol–water partition coefficient (Wildman–Crippen LogP) is 3.70. The first-order valence-electron chi connectivity index (χ1n) is 8.27. The van der Waals surface area contributed by atoms with Crippen LogP contribution in [0.15, 0.2) is 76.3 Å². The Balaban J connectivity index is 1.88. The standard InChI is InChI=1S/C20H19NO4S2/c1-25-17-11-6-5-10-16(17)20(22)21-14-18(15-8-3-2-4-9-15)27(23,24)19-12-7-13-26-19/h2-13,18H,14H2,1H3,(H,21,22)/t18-/m0/s1. The second-order valence-electron chi connectivity index (χ2n) is 5.79. The zero-order valence-corrected chi connectivity index (χ0v) is 16.3. The van der Waals surface area contributed by atoms with E-state index in [1.807, 2.05) is 6.07 Å². The number of para-hydroxylation sites is 1. The molecule has 0 aliphatic heterocycles. The lowest BCUT2D eigenvalue weighted by atomic mass is 10.1. The van der Waals surface area contributed by atoms with E-state index in [9.17, 15) is 13.2 Å². The van der Waals surface area contributed by atoms with Gasteiger partial charge in [-0.2, -0.15) is 0 Å². The van der Waals surface area contributed by atoms with E-state index < -0.39 is 15.1 Å². The molecule has 0 spiro atoms. The molecule has 0 saturated carbocycles. The molecule has 1 amide bonds. The van der Waals surface area contributed by atoms with Crippen molar-refractivity contribution in [1.82, 2.24) is 5.32 Å². The van der Waals surface area contributed by atoms with Crippen LogP contribution in [0.4, 0.5) is 0 Å². The number of amides is 1. The highest BCUT2D eigenvalue weighted by atomic mass is 32.2. The Hall–Kier alpha value is -2.64. The fourth-order valence-electron chi connectivity index (χ4n) is 2.75. The monoisotopic (exact) mass is 401 g/mol. The lowest BCUT2D eigenvalue weighted by Gasteiger charge is -2.18. The third-order valence-corrected chi connectivity index (χ3v) is 7.65. The maximum absolute atomic E-state index is 13.1. The second kappa shape index (κ2) is 8.37. The Morgan fingerprint density at radius 2 is 1.74 bits per heavy atom. The largest absolute Gasteiger partial charge is 0.496 e. The molecule has 0 radical (unpaired) electrons. The van der Waals surface area contributed by atoms with Crippen LogP contribution in [0.5, 0.6) is 5.75 Å². The van der Waals surface area contributed by atoms with E-state index in [0.717, 1.165) is 0 Å². The van der Waals surface area contributed by atoms with Gasteiger partial charge in [0.2, 0.25) is 0 Å². The van der Waals surface area contributed by atoms with Gasteiger partial charge in [-0.3, -0.25) is 4.79 Å². The lowest BCUT2D eigenvalue weighted by molar-refractivity contribution is 0.0950. The Bertz CT molecular complexity index is 999. The first-order valence-corrected chi connectivity index (χ1v) is 10.7. The normalized spacial score (nSPS) is 12.3. The number of carbonyl (C=O) groups is 1. The minimum absolute atomic E-state index is 0.0405. The second-order valence-corrected chi connectivity index (χ2v) is 9.09. The molecule has 1 heterocycles. The fourth-order valence-corrected chi connectivity index (χ4v) is 5.62. The van der Waals surface area contributed by atoms with Crippen molar-refractivity contribution in [3.63, 3.8) is 0 Å². The van der Waals surface area contributed by atoms with Gasteiger partial charge >= 0.3 is 0 Å². The first kappa shape index (κ1) is 19.1. The average Bonchev–Trinajstić information content (AvgIpc) is 3.24. The third-order valence-electron chi connectivity index (χ3n) is 4.12. The summed E-state index contributed by atoms with van der Waals surface area (Å²) in [5.41, 5.74) is 0.992. The van der Waals surface area contributed by atoms with Crippen molar-refractivity contribution in [1.29, 1.82) is 0 Å². The SMILES string of the molecule is COc1ccccc1C(=O)NC[C@@H](c1ccccc1)S(=O)(=O)c1cccs1. The highest BCUT2D eigenvalue weighted by Crippen LogP contribution is 2.31. The predicted molar refractivity (Wildman–Crippen MR) is 106 cm³/mol. The number of hydrogen-bond acceptors (Lipinski definition) is 5. The Morgan fingerprint density at radius 3 is 2.41 bits per heavy atom. The summed E-state index contributed by atoms with van der Waals surface area (Å²) < 4.78 is 31.7. The zero-order chi connectivity index (χ0) is 19.3. The topological polar surface area (TPSA) is 72.5 Å². The van der Waals surface area contributed by atoms with E-state index in [1.165, 1.54) is 18.4 Å². The number of ether oxygens (including phenoxy) is 1. The van der Waals surface area contributed by atoms with Gasteiger partial charge in [-0.25, -0.2) is 8.42 Å². The minimum atomic E-state index is -3.63. The van der Waals surface area contributed by atoms with Crippen LogP contribution in [0, 0.1) is 0 Å². The Morgan fingerprint density at radius 1 is 1.04 bits per heavy atom. The van der Waals surface area contributed by atoms with Crippen molar-refractivity contribution in [2.75, 3.05) is 13.7 Å². The molecule has 3 rings (SSSR count). The number of hydrogen-bond donors (Lipinski definition) is 1. The fraction of sp³-hybridized carbons (Fsp3) is 0.150. The molecule has 0 fully saturated rings. The minimum Gasteiger partial charge on any atom is -0.496 e. The van der Waals surface area contributed by atoms with Gasteiger partial charge in [-0.15, -0.1) is 11.3 Å². The number of nitrogens with one attached hydrogen (secondary N) is 1. The number of methoxy groups -OCH3 is 1. The van der Waals surface area contributed by atoms with Crippen molar-refractivity contribution in [2.24, 2.45) is 0 Å². The lowest BCUT2D eigenvalue weighted by Crippen LogP contribution is -2.32. The van der Waals surface area contributed by atoms with Crippen LogP contribution < -0.4 is 10.1 Å². The van der Waals surface area contributed by atoms with E-state index in [4.69, 9.17) is 4.74 Å². The van der Waals surface area contributed by atoms with Crippen LogP contribution in [0.2, 0.25) is 0 Å². The molecule has 27 heavy (non-hydrogen) atoms. The molecule has 140 valence electrons. The molecule has 1 N–H and O–H groups in total. The molecule has 5 nitrogen and oxygen atoms in total. The highest BCUT2D eigenvalue weighted by Gasteiger charge is 2.30. The number of sulfone groups is 1. The van der Waals surface area contributed by atoms with Crippen molar-refractivity contribution >= 4 is 27.1 Å². The van der Waals surface area contributed by atoms with Gasteiger partial charge < -0.3 is 10.1 Å². The van der Waals surface area contributed by atoms with Crippen molar-refractivity contribution in [3.05, 3.63) is 83.2 Å². The molecule has 1 aromatic heterocycles. The molecule has 7 heteroatoms. The summed E-state index contributed by atoms with van der Waals surface area (Å²) >= 11 is 1.17. The number of benzene rings is 2. The molecular formula is C20H19NO4S2. The van der Waals surface area contributed by atoms with E-state index in [0.29, 0.717) is 16.9 Å². The van der Waals surface area contributed by atoms with E-state index >= 15 is 0 Å². The molecule has 0 saturated heterocycles. The first-order chi connectivity index (χ1) is 13.0. The molecule has 3 aromatic rings. The van der Waals surface area contributed by atoms with Gasteiger partial charge in [0.1, 0.15) is 15.2 Å². The maximum atomic E-state index is 13.1. The molecule has 0 bridgehead atoms. The summed E-state index contributed by atoms with van der Waals surface area (Å²) in [5, 5.41) is 3.59. The molecular weight excluding hydrogens is 382 g/mol. The maximum Gasteiger partial charge on any atom is 0.255 e. The van der Waals surface area contributed by atoms with Crippen LogP contribution in [0.25, 0.3) is 0 Å².